The normalized spacial score (nSPS) is 10.2. The molecule has 0 aliphatic rings. The molecule has 3 N–H and O–H groups in total. The van der Waals surface area contributed by atoms with Crippen LogP contribution >= 0.6 is 11.3 Å². The summed E-state index contributed by atoms with van der Waals surface area (Å²) in [6.45, 7) is 0. The molecule has 0 saturated heterocycles. The van der Waals surface area contributed by atoms with Gasteiger partial charge in [0.2, 0.25) is 0 Å². The Morgan fingerprint density at radius 1 is 1.45 bits per heavy atom. The maximum Gasteiger partial charge on any atom is 0.180 e. The Kier molecular flexibility index (Phi) is 1.36. The zero-order valence-corrected chi connectivity index (χ0v) is 6.43. The Morgan fingerprint density at radius 3 is 2.91 bits per heavy atom. The smallest absolute Gasteiger partial charge is 0.180 e. The lowest BCUT2D eigenvalue weighted by atomic mass is 10.3. The zero-order valence-electron chi connectivity index (χ0n) is 5.61. The summed E-state index contributed by atoms with van der Waals surface area (Å²) in [4.78, 5) is 4.97. The lowest BCUT2D eigenvalue weighted by Crippen LogP contribution is -1.77. The summed E-state index contributed by atoms with van der Waals surface area (Å²) in [5.74, 6) is 0. The van der Waals surface area contributed by atoms with Gasteiger partial charge in [-0.25, -0.2) is 4.98 Å². The topological polar surface area (TPSA) is 67.6 Å². The molecule has 4 nitrogen and oxygen atoms in total. The van der Waals surface area contributed by atoms with Gasteiger partial charge < -0.3 is 5.73 Å². The standard InChI is InChI=1S/C6H6N4S/c7-6-8-3-5(11-6)4-1-9-10-2-4/h1-3H,(H2,7,8)(H,9,10). The number of anilines is 1. The number of hydrogen-bond donors (Lipinski definition) is 2. The molecule has 2 aromatic rings. The average Bonchev–Trinajstić information content (AvgIpc) is 2.55. The molecular formula is C6H6N4S. The highest BCUT2D eigenvalue weighted by Gasteiger charge is 2.01. The monoisotopic (exact) mass is 166 g/mol. The molecule has 0 fully saturated rings. The molecule has 0 unspecified atom stereocenters. The minimum absolute atomic E-state index is 0.584. The van der Waals surface area contributed by atoms with Gasteiger partial charge in [-0.05, 0) is 0 Å². The SMILES string of the molecule is Nc1ncc(-c2cn[nH]c2)s1. The lowest BCUT2D eigenvalue weighted by Gasteiger charge is -1.82. The molecular weight excluding hydrogens is 160 g/mol. The second-order valence-electron chi connectivity index (χ2n) is 2.05. The first-order chi connectivity index (χ1) is 5.36. The number of thiazole rings is 1. The molecule has 0 aliphatic carbocycles. The summed E-state index contributed by atoms with van der Waals surface area (Å²) >= 11 is 1.45. The lowest BCUT2D eigenvalue weighted by molar-refractivity contribution is 1.09. The third kappa shape index (κ3) is 1.10. The first-order valence-corrected chi connectivity index (χ1v) is 3.88. The van der Waals surface area contributed by atoms with Crippen LogP contribution in [-0.2, 0) is 0 Å². The Balaban J connectivity index is 2.45. The van der Waals surface area contributed by atoms with Crippen LogP contribution in [0.3, 0.4) is 0 Å². The molecule has 0 radical (unpaired) electrons. The average molecular weight is 166 g/mol. The first-order valence-electron chi connectivity index (χ1n) is 3.07. The number of nitrogens with two attached hydrogens (primary N) is 1. The Morgan fingerprint density at radius 2 is 2.36 bits per heavy atom. The maximum absolute atomic E-state index is 5.46. The summed E-state index contributed by atoms with van der Waals surface area (Å²) in [6, 6.07) is 0. The van der Waals surface area contributed by atoms with E-state index in [0.717, 1.165) is 10.4 Å². The van der Waals surface area contributed by atoms with Crippen LogP contribution in [0.2, 0.25) is 0 Å². The Bertz CT molecular complexity index is 337. The molecule has 2 rings (SSSR count). The first kappa shape index (κ1) is 6.36. The van der Waals surface area contributed by atoms with Crippen molar-refractivity contribution in [1.29, 1.82) is 0 Å². The van der Waals surface area contributed by atoms with Crippen LogP contribution in [-0.4, -0.2) is 15.2 Å². The molecule has 2 heterocycles. The third-order valence-corrected chi connectivity index (χ3v) is 2.18. The molecule has 0 aliphatic heterocycles. The Hall–Kier alpha value is -1.36. The highest BCUT2D eigenvalue weighted by molar-refractivity contribution is 7.18. The van der Waals surface area contributed by atoms with E-state index < -0.39 is 0 Å². The predicted octanol–water partition coefficient (Wildman–Crippen LogP) is 1.12. The maximum atomic E-state index is 5.46. The number of aromatic nitrogens is 3. The predicted molar refractivity (Wildman–Crippen MR) is 44.1 cm³/mol. The van der Waals surface area contributed by atoms with Crippen molar-refractivity contribution in [3.63, 3.8) is 0 Å². The van der Waals surface area contributed by atoms with Gasteiger partial charge in [-0.15, -0.1) is 0 Å². The van der Waals surface area contributed by atoms with Crippen LogP contribution < -0.4 is 5.73 Å². The van der Waals surface area contributed by atoms with Crippen LogP contribution in [0.25, 0.3) is 10.4 Å². The van der Waals surface area contributed by atoms with Crippen molar-refractivity contribution in [2.75, 3.05) is 5.73 Å². The number of hydrogen-bond acceptors (Lipinski definition) is 4. The molecule has 2 aromatic heterocycles. The molecule has 5 heteroatoms. The number of nitrogens with one attached hydrogen (secondary N) is 1. The van der Waals surface area contributed by atoms with Gasteiger partial charge in [-0.1, -0.05) is 11.3 Å². The third-order valence-electron chi connectivity index (χ3n) is 1.31. The molecule has 0 saturated carbocycles. The number of aromatic amines is 1. The molecule has 0 aromatic carbocycles. The van der Waals surface area contributed by atoms with E-state index in [1.807, 2.05) is 6.20 Å². The van der Waals surface area contributed by atoms with Crippen molar-refractivity contribution >= 4 is 16.5 Å². The van der Waals surface area contributed by atoms with E-state index >= 15 is 0 Å². The second kappa shape index (κ2) is 2.35. The number of nitrogen functional groups attached to an aromatic ring is 1. The van der Waals surface area contributed by atoms with Gasteiger partial charge in [0.1, 0.15) is 0 Å². The summed E-state index contributed by atoms with van der Waals surface area (Å²) in [6.07, 6.45) is 5.30. The van der Waals surface area contributed by atoms with Crippen LogP contribution in [0.4, 0.5) is 5.13 Å². The van der Waals surface area contributed by atoms with Crippen molar-refractivity contribution in [3.05, 3.63) is 18.6 Å². The fraction of sp³-hybridized carbons (Fsp3) is 0. The van der Waals surface area contributed by atoms with Gasteiger partial charge in [0.05, 0.1) is 11.1 Å². The van der Waals surface area contributed by atoms with Crippen molar-refractivity contribution in [2.24, 2.45) is 0 Å². The van der Waals surface area contributed by atoms with E-state index in [1.54, 1.807) is 12.4 Å². The van der Waals surface area contributed by atoms with E-state index in [4.69, 9.17) is 5.73 Å². The minimum Gasteiger partial charge on any atom is -0.375 e. The van der Waals surface area contributed by atoms with Crippen molar-refractivity contribution in [2.45, 2.75) is 0 Å². The van der Waals surface area contributed by atoms with Gasteiger partial charge in [-0.2, -0.15) is 5.10 Å². The molecule has 0 bridgehead atoms. The summed E-state index contributed by atoms with van der Waals surface area (Å²) in [7, 11) is 0. The number of H-pyrrole nitrogens is 1. The number of rotatable bonds is 1. The highest BCUT2D eigenvalue weighted by Crippen LogP contribution is 2.25. The van der Waals surface area contributed by atoms with E-state index in [-0.39, 0.29) is 0 Å². The number of nitrogens with zero attached hydrogens (tertiary/aromatic N) is 2. The summed E-state index contributed by atoms with van der Waals surface area (Å²) in [5, 5.41) is 7.13. The van der Waals surface area contributed by atoms with Crippen molar-refractivity contribution < 1.29 is 0 Å². The largest absolute Gasteiger partial charge is 0.375 e. The second-order valence-corrected chi connectivity index (χ2v) is 3.11. The molecule has 0 atom stereocenters. The molecule has 56 valence electrons. The Labute approximate surface area is 67.1 Å². The van der Waals surface area contributed by atoms with Crippen LogP contribution in [0, 0.1) is 0 Å². The minimum atomic E-state index is 0.584. The van der Waals surface area contributed by atoms with Crippen molar-refractivity contribution in [3.8, 4) is 10.4 Å². The highest BCUT2D eigenvalue weighted by atomic mass is 32.1. The van der Waals surface area contributed by atoms with Gasteiger partial charge in [0.25, 0.3) is 0 Å². The summed E-state index contributed by atoms with van der Waals surface area (Å²) < 4.78 is 0. The van der Waals surface area contributed by atoms with Gasteiger partial charge >= 0.3 is 0 Å². The van der Waals surface area contributed by atoms with Crippen LogP contribution in [0.1, 0.15) is 0 Å². The fourth-order valence-corrected chi connectivity index (χ4v) is 1.47. The van der Waals surface area contributed by atoms with E-state index in [2.05, 4.69) is 15.2 Å². The summed E-state index contributed by atoms with van der Waals surface area (Å²) in [5.41, 5.74) is 6.49. The quantitative estimate of drug-likeness (QED) is 0.667. The molecule has 0 amide bonds. The molecule has 0 spiro atoms. The van der Waals surface area contributed by atoms with E-state index in [0.29, 0.717) is 5.13 Å². The van der Waals surface area contributed by atoms with Gasteiger partial charge in [0.15, 0.2) is 5.13 Å². The van der Waals surface area contributed by atoms with Crippen LogP contribution in [0.5, 0.6) is 0 Å². The van der Waals surface area contributed by atoms with Crippen molar-refractivity contribution in [1.82, 2.24) is 15.2 Å². The van der Waals surface area contributed by atoms with Gasteiger partial charge in [-0.3, -0.25) is 5.10 Å². The van der Waals surface area contributed by atoms with E-state index in [9.17, 15) is 0 Å². The zero-order chi connectivity index (χ0) is 7.68. The van der Waals surface area contributed by atoms with Gasteiger partial charge in [0, 0.05) is 18.0 Å². The van der Waals surface area contributed by atoms with E-state index in [1.165, 1.54) is 11.3 Å². The fourth-order valence-electron chi connectivity index (χ4n) is 0.807. The van der Waals surface area contributed by atoms with Crippen LogP contribution in [0.15, 0.2) is 18.6 Å². The molecule has 11 heavy (non-hydrogen) atoms.